The van der Waals surface area contributed by atoms with E-state index in [-0.39, 0.29) is 5.78 Å². The lowest BCUT2D eigenvalue weighted by Gasteiger charge is -2.04. The average molecular weight is 270 g/mol. The molecule has 18 heavy (non-hydrogen) atoms. The number of hydrogen-bond acceptors (Lipinski definition) is 4. The summed E-state index contributed by atoms with van der Waals surface area (Å²) >= 11 is 1.50. The number of ether oxygens (including phenoxy) is 2. The molecule has 0 N–H and O–H groups in total. The predicted molar refractivity (Wildman–Crippen MR) is 74.4 cm³/mol. The molecular formula is C14H22O3S. The van der Waals surface area contributed by atoms with Crippen molar-refractivity contribution in [2.24, 2.45) is 0 Å². The molecule has 1 heterocycles. The highest BCUT2D eigenvalue weighted by atomic mass is 32.1. The molecule has 0 aliphatic carbocycles. The molecule has 4 heteroatoms. The highest BCUT2D eigenvalue weighted by Crippen LogP contribution is 2.12. The Morgan fingerprint density at radius 1 is 1.17 bits per heavy atom. The first-order valence-electron chi connectivity index (χ1n) is 6.56. The van der Waals surface area contributed by atoms with Crippen molar-refractivity contribution in [3.05, 3.63) is 22.4 Å². The highest BCUT2D eigenvalue weighted by molar-refractivity contribution is 7.12. The van der Waals surface area contributed by atoms with Crippen molar-refractivity contribution in [1.29, 1.82) is 0 Å². The number of hydrogen-bond donors (Lipinski definition) is 0. The number of carbonyl (C=O) groups is 1. The molecule has 1 aromatic heterocycles. The molecule has 3 nitrogen and oxygen atoms in total. The number of carbonyl (C=O) groups excluding carboxylic acids is 1. The van der Waals surface area contributed by atoms with Crippen LogP contribution in [0, 0.1) is 0 Å². The van der Waals surface area contributed by atoms with Gasteiger partial charge >= 0.3 is 0 Å². The second-order valence-corrected chi connectivity index (χ2v) is 5.03. The quantitative estimate of drug-likeness (QED) is 0.456. The summed E-state index contributed by atoms with van der Waals surface area (Å²) in [6.45, 7) is 4.87. The van der Waals surface area contributed by atoms with Gasteiger partial charge < -0.3 is 9.47 Å². The number of rotatable bonds is 11. The van der Waals surface area contributed by atoms with Crippen molar-refractivity contribution >= 4 is 17.1 Å². The first-order chi connectivity index (χ1) is 8.84. The Labute approximate surface area is 113 Å². The normalized spacial score (nSPS) is 10.7. The zero-order chi connectivity index (χ0) is 13.1. The predicted octanol–water partition coefficient (Wildman–Crippen LogP) is 3.54. The minimum absolute atomic E-state index is 0.216. The average Bonchev–Trinajstić information content (AvgIpc) is 2.90. The fourth-order valence-corrected chi connectivity index (χ4v) is 2.16. The molecule has 102 valence electrons. The molecule has 0 atom stereocenters. The third-order valence-corrected chi connectivity index (χ3v) is 3.41. The number of ketones is 1. The van der Waals surface area contributed by atoms with Crippen molar-refractivity contribution in [2.75, 3.05) is 26.4 Å². The van der Waals surface area contributed by atoms with Gasteiger partial charge in [0, 0.05) is 19.6 Å². The van der Waals surface area contributed by atoms with E-state index in [0.29, 0.717) is 26.2 Å². The second-order valence-electron chi connectivity index (χ2n) is 4.08. The van der Waals surface area contributed by atoms with E-state index in [1.54, 1.807) is 0 Å². The monoisotopic (exact) mass is 270 g/mol. The molecule has 0 amide bonds. The molecule has 0 saturated carbocycles. The highest BCUT2D eigenvalue weighted by Gasteiger charge is 2.05. The summed E-state index contributed by atoms with van der Waals surface area (Å²) in [4.78, 5) is 12.5. The lowest BCUT2D eigenvalue weighted by Crippen LogP contribution is -2.07. The standard InChI is InChI=1S/C14H22O3S/c1-2-3-8-16-10-11-17-9-4-6-13(15)14-7-5-12-18-14/h5,7,12H,2-4,6,8-11H2,1H3. The molecule has 0 aliphatic rings. The minimum atomic E-state index is 0.216. The first-order valence-corrected chi connectivity index (χ1v) is 7.44. The maximum Gasteiger partial charge on any atom is 0.172 e. The van der Waals surface area contributed by atoms with E-state index < -0.39 is 0 Å². The zero-order valence-corrected chi connectivity index (χ0v) is 11.8. The van der Waals surface area contributed by atoms with Crippen molar-refractivity contribution in [3.63, 3.8) is 0 Å². The van der Waals surface area contributed by atoms with Gasteiger partial charge in [0.15, 0.2) is 5.78 Å². The SMILES string of the molecule is CCCCOCCOCCCC(=O)c1cccs1. The van der Waals surface area contributed by atoms with Gasteiger partial charge in [-0.1, -0.05) is 19.4 Å². The number of thiophene rings is 1. The Morgan fingerprint density at radius 2 is 1.89 bits per heavy atom. The third kappa shape index (κ3) is 6.89. The summed E-state index contributed by atoms with van der Waals surface area (Å²) in [7, 11) is 0. The molecule has 0 radical (unpaired) electrons. The molecule has 0 spiro atoms. The molecular weight excluding hydrogens is 248 g/mol. The van der Waals surface area contributed by atoms with Crippen LogP contribution in [0.15, 0.2) is 17.5 Å². The Bertz CT molecular complexity index is 309. The van der Waals surface area contributed by atoms with Crippen LogP contribution in [-0.4, -0.2) is 32.2 Å². The van der Waals surface area contributed by atoms with Gasteiger partial charge in [0.1, 0.15) is 0 Å². The van der Waals surface area contributed by atoms with Crippen LogP contribution in [0.4, 0.5) is 0 Å². The molecule has 0 fully saturated rings. The minimum Gasteiger partial charge on any atom is -0.379 e. The van der Waals surface area contributed by atoms with Gasteiger partial charge in [-0.05, 0) is 24.3 Å². The molecule has 1 aromatic rings. The van der Waals surface area contributed by atoms with Crippen LogP contribution >= 0.6 is 11.3 Å². The van der Waals surface area contributed by atoms with Crippen molar-refractivity contribution in [3.8, 4) is 0 Å². The Kier molecular flexibility index (Phi) is 8.73. The van der Waals surface area contributed by atoms with E-state index in [0.717, 1.165) is 30.7 Å². The van der Waals surface area contributed by atoms with Crippen LogP contribution in [0.25, 0.3) is 0 Å². The van der Waals surface area contributed by atoms with E-state index in [9.17, 15) is 4.79 Å². The molecule has 0 aromatic carbocycles. The van der Waals surface area contributed by atoms with Gasteiger partial charge in [-0.3, -0.25) is 4.79 Å². The second kappa shape index (κ2) is 10.2. The fraction of sp³-hybridized carbons (Fsp3) is 0.643. The maximum absolute atomic E-state index is 11.6. The van der Waals surface area contributed by atoms with E-state index >= 15 is 0 Å². The molecule has 0 bridgehead atoms. The largest absolute Gasteiger partial charge is 0.379 e. The molecule has 0 aliphatic heterocycles. The Morgan fingerprint density at radius 3 is 2.50 bits per heavy atom. The topological polar surface area (TPSA) is 35.5 Å². The smallest absolute Gasteiger partial charge is 0.172 e. The van der Waals surface area contributed by atoms with Crippen LogP contribution in [0.5, 0.6) is 0 Å². The van der Waals surface area contributed by atoms with E-state index in [4.69, 9.17) is 9.47 Å². The van der Waals surface area contributed by atoms with Crippen molar-refractivity contribution in [2.45, 2.75) is 32.6 Å². The summed E-state index contributed by atoms with van der Waals surface area (Å²) in [5.74, 6) is 0.216. The van der Waals surface area contributed by atoms with Gasteiger partial charge in [-0.2, -0.15) is 0 Å². The Balaban J connectivity index is 1.88. The van der Waals surface area contributed by atoms with Gasteiger partial charge in [-0.15, -0.1) is 11.3 Å². The lowest BCUT2D eigenvalue weighted by molar-refractivity contribution is 0.0451. The van der Waals surface area contributed by atoms with Gasteiger partial charge in [-0.25, -0.2) is 0 Å². The molecule has 1 rings (SSSR count). The van der Waals surface area contributed by atoms with Crippen LogP contribution in [0.3, 0.4) is 0 Å². The van der Waals surface area contributed by atoms with Crippen LogP contribution < -0.4 is 0 Å². The molecule has 0 saturated heterocycles. The van der Waals surface area contributed by atoms with E-state index in [2.05, 4.69) is 6.92 Å². The van der Waals surface area contributed by atoms with Crippen LogP contribution in [0.1, 0.15) is 42.3 Å². The summed E-state index contributed by atoms with van der Waals surface area (Å²) < 4.78 is 10.8. The van der Waals surface area contributed by atoms with E-state index in [1.165, 1.54) is 11.3 Å². The summed E-state index contributed by atoms with van der Waals surface area (Å²) in [5.41, 5.74) is 0. The van der Waals surface area contributed by atoms with Gasteiger partial charge in [0.05, 0.1) is 18.1 Å². The summed E-state index contributed by atoms with van der Waals surface area (Å²) in [6.07, 6.45) is 3.61. The summed E-state index contributed by atoms with van der Waals surface area (Å²) in [6, 6.07) is 3.78. The molecule has 0 unspecified atom stereocenters. The number of unbranched alkanes of at least 4 members (excludes halogenated alkanes) is 1. The third-order valence-electron chi connectivity index (χ3n) is 2.50. The number of Topliss-reactive ketones (excluding diaryl/α,β-unsaturated/α-hetero) is 1. The lowest BCUT2D eigenvalue weighted by atomic mass is 10.2. The van der Waals surface area contributed by atoms with Crippen molar-refractivity contribution < 1.29 is 14.3 Å². The first kappa shape index (κ1) is 15.3. The Hall–Kier alpha value is -0.710. The van der Waals surface area contributed by atoms with Crippen LogP contribution in [-0.2, 0) is 9.47 Å². The zero-order valence-electron chi connectivity index (χ0n) is 11.0. The van der Waals surface area contributed by atoms with Crippen molar-refractivity contribution in [1.82, 2.24) is 0 Å². The van der Waals surface area contributed by atoms with Crippen LogP contribution in [0.2, 0.25) is 0 Å². The summed E-state index contributed by atoms with van der Waals surface area (Å²) in [5, 5.41) is 1.93. The van der Waals surface area contributed by atoms with Gasteiger partial charge in [0.2, 0.25) is 0 Å². The maximum atomic E-state index is 11.6. The van der Waals surface area contributed by atoms with Gasteiger partial charge in [0.25, 0.3) is 0 Å². The van der Waals surface area contributed by atoms with E-state index in [1.807, 2.05) is 17.5 Å². The fourth-order valence-electron chi connectivity index (χ4n) is 1.46.